The molecule has 7 nitrogen and oxygen atoms in total. The van der Waals surface area contributed by atoms with E-state index >= 15 is 0 Å². The Morgan fingerprint density at radius 1 is 1.43 bits per heavy atom. The smallest absolute Gasteiger partial charge is 0.324 e. The fourth-order valence-electron chi connectivity index (χ4n) is 2.37. The van der Waals surface area contributed by atoms with Gasteiger partial charge in [0, 0.05) is 18.8 Å². The number of hydrogen-bond acceptors (Lipinski definition) is 4. The van der Waals surface area contributed by atoms with Gasteiger partial charge in [-0.3, -0.25) is 9.36 Å². The largest absolute Gasteiger partial charge is 0.346 e. The summed E-state index contributed by atoms with van der Waals surface area (Å²) in [4.78, 5) is 24.2. The number of carbonyl (C=O) groups is 1. The molecule has 1 aliphatic heterocycles. The normalized spacial score (nSPS) is 13.8. The Bertz CT molecular complexity index is 731. The molecule has 0 bridgehead atoms. The van der Waals surface area contributed by atoms with Gasteiger partial charge in [0.15, 0.2) is 0 Å². The Hall–Kier alpha value is -2.41. The van der Waals surface area contributed by atoms with E-state index in [1.54, 1.807) is 4.57 Å². The summed E-state index contributed by atoms with van der Waals surface area (Å²) in [5.74, 6) is 0.421. The van der Waals surface area contributed by atoms with E-state index in [1.165, 1.54) is 4.68 Å². The van der Waals surface area contributed by atoms with Gasteiger partial charge in [-0.2, -0.15) is 5.10 Å². The second-order valence-corrected chi connectivity index (χ2v) is 5.05. The average molecular weight is 287 g/mol. The predicted octanol–water partition coefficient (Wildman–Crippen LogP) is 0.0951. The van der Waals surface area contributed by atoms with Crippen LogP contribution in [0.3, 0.4) is 0 Å². The number of amides is 1. The van der Waals surface area contributed by atoms with Crippen molar-refractivity contribution in [2.75, 3.05) is 11.9 Å². The van der Waals surface area contributed by atoms with Gasteiger partial charge in [0.05, 0.1) is 6.54 Å². The van der Waals surface area contributed by atoms with Crippen molar-refractivity contribution in [1.82, 2.24) is 19.7 Å². The van der Waals surface area contributed by atoms with Crippen LogP contribution in [0.1, 0.15) is 11.4 Å². The number of anilines is 1. The molecular weight excluding hydrogens is 270 g/mol. The van der Waals surface area contributed by atoms with Crippen LogP contribution in [-0.2, 0) is 24.4 Å². The van der Waals surface area contributed by atoms with Crippen LogP contribution in [0.15, 0.2) is 29.1 Å². The summed E-state index contributed by atoms with van der Waals surface area (Å²) < 4.78 is 2.83. The fraction of sp³-hybridized carbons (Fsp3) is 0.357. The lowest BCUT2D eigenvalue weighted by Gasteiger charge is -2.11. The van der Waals surface area contributed by atoms with Crippen LogP contribution < -0.4 is 16.3 Å². The SMILES string of the molecule is Cc1ccccc1NC(=O)Cn1nc2n(c1=O)CCNC2. The van der Waals surface area contributed by atoms with Crippen molar-refractivity contribution in [3.8, 4) is 0 Å². The molecule has 1 aromatic heterocycles. The molecule has 1 aromatic carbocycles. The highest BCUT2D eigenvalue weighted by Gasteiger charge is 2.17. The summed E-state index contributed by atoms with van der Waals surface area (Å²) in [5.41, 5.74) is 1.50. The zero-order chi connectivity index (χ0) is 14.8. The molecule has 1 amide bonds. The molecule has 1 aliphatic rings. The molecule has 0 spiro atoms. The molecule has 2 N–H and O–H groups in total. The Kier molecular flexibility index (Phi) is 3.57. The summed E-state index contributed by atoms with van der Waals surface area (Å²) >= 11 is 0. The monoisotopic (exact) mass is 287 g/mol. The van der Waals surface area contributed by atoms with Gasteiger partial charge in [0.25, 0.3) is 0 Å². The third-order valence-corrected chi connectivity index (χ3v) is 3.51. The number of rotatable bonds is 3. The molecule has 21 heavy (non-hydrogen) atoms. The first-order valence-corrected chi connectivity index (χ1v) is 6.88. The molecule has 0 saturated heterocycles. The van der Waals surface area contributed by atoms with Crippen molar-refractivity contribution in [1.29, 1.82) is 0 Å². The highest BCUT2D eigenvalue weighted by Crippen LogP contribution is 2.12. The number of aromatic nitrogens is 3. The Morgan fingerprint density at radius 2 is 2.24 bits per heavy atom. The zero-order valence-corrected chi connectivity index (χ0v) is 11.8. The lowest BCUT2D eigenvalue weighted by Crippen LogP contribution is -2.35. The second-order valence-electron chi connectivity index (χ2n) is 5.05. The van der Waals surface area contributed by atoms with Crippen molar-refractivity contribution in [3.05, 3.63) is 46.1 Å². The van der Waals surface area contributed by atoms with Crippen molar-refractivity contribution in [2.45, 2.75) is 26.6 Å². The lowest BCUT2D eigenvalue weighted by atomic mass is 10.2. The molecule has 3 rings (SSSR count). The number of aryl methyl sites for hydroxylation is 1. The van der Waals surface area contributed by atoms with Gasteiger partial charge in [-0.25, -0.2) is 9.48 Å². The maximum Gasteiger partial charge on any atom is 0.346 e. The Balaban J connectivity index is 1.75. The summed E-state index contributed by atoms with van der Waals surface area (Å²) in [7, 11) is 0. The van der Waals surface area contributed by atoms with Gasteiger partial charge in [0.2, 0.25) is 5.91 Å². The highest BCUT2D eigenvalue weighted by atomic mass is 16.2. The van der Waals surface area contributed by atoms with E-state index in [9.17, 15) is 9.59 Å². The van der Waals surface area contributed by atoms with E-state index < -0.39 is 0 Å². The molecule has 2 aromatic rings. The number of carbonyl (C=O) groups excluding carboxylic acids is 1. The van der Waals surface area contributed by atoms with Crippen LogP contribution >= 0.6 is 0 Å². The summed E-state index contributed by atoms with van der Waals surface area (Å²) in [5, 5.41) is 10.1. The topological polar surface area (TPSA) is 81.0 Å². The molecular formula is C14H17N5O2. The van der Waals surface area contributed by atoms with Gasteiger partial charge in [-0.15, -0.1) is 0 Å². The minimum Gasteiger partial charge on any atom is -0.324 e. The number of para-hydroxylation sites is 1. The number of nitrogens with one attached hydrogen (secondary N) is 2. The van der Waals surface area contributed by atoms with E-state index in [0.717, 1.165) is 17.8 Å². The molecule has 0 atom stereocenters. The Labute approximate surface area is 121 Å². The van der Waals surface area contributed by atoms with Crippen molar-refractivity contribution < 1.29 is 4.79 Å². The van der Waals surface area contributed by atoms with Gasteiger partial charge in [-0.1, -0.05) is 18.2 Å². The maximum atomic E-state index is 12.1. The quantitative estimate of drug-likeness (QED) is 0.838. The molecule has 0 aliphatic carbocycles. The molecule has 0 fully saturated rings. The Morgan fingerprint density at radius 3 is 3.00 bits per heavy atom. The van der Waals surface area contributed by atoms with Crippen molar-refractivity contribution in [3.63, 3.8) is 0 Å². The van der Waals surface area contributed by atoms with Gasteiger partial charge in [-0.05, 0) is 18.6 Å². The zero-order valence-electron chi connectivity index (χ0n) is 11.8. The molecule has 2 heterocycles. The average Bonchev–Trinajstić information content (AvgIpc) is 2.78. The first-order chi connectivity index (χ1) is 10.1. The van der Waals surface area contributed by atoms with Crippen LogP contribution in [0.2, 0.25) is 0 Å². The first kappa shape index (κ1) is 13.6. The minimum absolute atomic E-state index is 0.0762. The molecule has 7 heteroatoms. The number of benzene rings is 1. The van der Waals surface area contributed by atoms with E-state index in [4.69, 9.17) is 0 Å². The minimum atomic E-state index is -0.255. The number of hydrogen-bond donors (Lipinski definition) is 2. The number of nitrogens with zero attached hydrogens (tertiary/aromatic N) is 3. The van der Waals surface area contributed by atoms with Crippen LogP contribution in [0.25, 0.3) is 0 Å². The van der Waals surface area contributed by atoms with Gasteiger partial charge >= 0.3 is 5.69 Å². The van der Waals surface area contributed by atoms with E-state index in [-0.39, 0.29) is 18.1 Å². The summed E-state index contributed by atoms with van der Waals surface area (Å²) in [6, 6.07) is 7.52. The second kappa shape index (κ2) is 5.53. The molecule has 110 valence electrons. The third kappa shape index (κ3) is 2.73. The van der Waals surface area contributed by atoms with E-state index in [1.807, 2.05) is 31.2 Å². The van der Waals surface area contributed by atoms with E-state index in [2.05, 4.69) is 15.7 Å². The van der Waals surface area contributed by atoms with Crippen LogP contribution in [-0.4, -0.2) is 26.8 Å². The first-order valence-electron chi connectivity index (χ1n) is 6.88. The predicted molar refractivity (Wildman–Crippen MR) is 78.0 cm³/mol. The van der Waals surface area contributed by atoms with Crippen molar-refractivity contribution in [2.24, 2.45) is 0 Å². The van der Waals surface area contributed by atoms with Crippen molar-refractivity contribution >= 4 is 11.6 Å². The molecule has 0 radical (unpaired) electrons. The standard InChI is InChI=1S/C14H17N5O2/c1-10-4-2-3-5-11(10)16-13(20)9-19-14(21)18-7-6-15-8-12(18)17-19/h2-5,15H,6-9H2,1H3,(H,16,20). The summed E-state index contributed by atoms with van der Waals surface area (Å²) in [6.07, 6.45) is 0. The van der Waals surface area contributed by atoms with Gasteiger partial charge < -0.3 is 10.6 Å². The summed E-state index contributed by atoms with van der Waals surface area (Å²) in [6.45, 7) is 3.74. The van der Waals surface area contributed by atoms with E-state index in [0.29, 0.717) is 18.9 Å². The van der Waals surface area contributed by atoms with Crippen LogP contribution in [0, 0.1) is 6.92 Å². The van der Waals surface area contributed by atoms with Gasteiger partial charge in [0.1, 0.15) is 12.4 Å². The van der Waals surface area contributed by atoms with Crippen LogP contribution in [0.5, 0.6) is 0 Å². The molecule has 0 saturated carbocycles. The molecule has 0 unspecified atom stereocenters. The maximum absolute atomic E-state index is 12.1. The highest BCUT2D eigenvalue weighted by molar-refractivity contribution is 5.91. The fourth-order valence-corrected chi connectivity index (χ4v) is 2.37. The third-order valence-electron chi connectivity index (χ3n) is 3.51. The lowest BCUT2D eigenvalue weighted by molar-refractivity contribution is -0.117. The number of fused-ring (bicyclic) bond motifs is 1. The van der Waals surface area contributed by atoms with Crippen LogP contribution in [0.4, 0.5) is 5.69 Å².